The van der Waals surface area contributed by atoms with E-state index in [2.05, 4.69) is 34.6 Å². The normalized spacial score (nSPS) is 14.8. The van der Waals surface area contributed by atoms with E-state index in [9.17, 15) is 4.79 Å². The van der Waals surface area contributed by atoms with Gasteiger partial charge in [-0.3, -0.25) is 4.79 Å². The van der Waals surface area contributed by atoms with Crippen LogP contribution in [0.2, 0.25) is 0 Å². The molecule has 0 radical (unpaired) electrons. The highest BCUT2D eigenvalue weighted by atomic mass is 16.2. The Bertz CT molecular complexity index is 729. The molecule has 1 aliphatic heterocycles. The molecule has 5 heteroatoms. The number of benzene rings is 1. The van der Waals surface area contributed by atoms with Crippen molar-refractivity contribution < 1.29 is 4.79 Å². The first kappa shape index (κ1) is 17.0. The molecule has 0 saturated carbocycles. The van der Waals surface area contributed by atoms with Crippen molar-refractivity contribution in [3.05, 3.63) is 59.8 Å². The zero-order valence-corrected chi connectivity index (χ0v) is 14.2. The lowest BCUT2D eigenvalue weighted by Gasteiger charge is -2.32. The van der Waals surface area contributed by atoms with Crippen LogP contribution in [0.4, 0.5) is 5.82 Å². The predicted octanol–water partition coefficient (Wildman–Crippen LogP) is 2.85. The minimum atomic E-state index is 0.101. The number of carbonyl (C=O) groups is 1. The lowest BCUT2D eigenvalue weighted by molar-refractivity contribution is -0.130. The van der Waals surface area contributed by atoms with Gasteiger partial charge in [0.05, 0.1) is 12.1 Å². The molecule has 5 nitrogen and oxygen atoms in total. The van der Waals surface area contributed by atoms with Crippen LogP contribution in [0.25, 0.3) is 0 Å². The summed E-state index contributed by atoms with van der Waals surface area (Å²) in [5.41, 5.74) is 1.89. The van der Waals surface area contributed by atoms with Gasteiger partial charge in [-0.05, 0) is 42.9 Å². The molecule has 0 aliphatic carbocycles. The first-order valence-electron chi connectivity index (χ1n) is 8.66. The quantitative estimate of drug-likeness (QED) is 0.913. The lowest BCUT2D eigenvalue weighted by atomic mass is 9.90. The Hall–Kier alpha value is -2.87. The number of carbonyl (C=O) groups excluding carboxylic acids is 1. The van der Waals surface area contributed by atoms with E-state index >= 15 is 0 Å². The van der Waals surface area contributed by atoms with Gasteiger partial charge in [-0.1, -0.05) is 30.3 Å². The van der Waals surface area contributed by atoms with Crippen LogP contribution in [-0.4, -0.2) is 35.4 Å². The van der Waals surface area contributed by atoms with Gasteiger partial charge in [0.1, 0.15) is 11.9 Å². The van der Waals surface area contributed by atoms with Crippen LogP contribution < -0.4 is 5.32 Å². The van der Waals surface area contributed by atoms with Gasteiger partial charge >= 0.3 is 0 Å². The van der Waals surface area contributed by atoms with Crippen molar-refractivity contribution >= 4 is 11.7 Å². The van der Waals surface area contributed by atoms with Crippen LogP contribution in [0, 0.1) is 17.2 Å². The van der Waals surface area contributed by atoms with E-state index in [0.29, 0.717) is 17.3 Å². The van der Waals surface area contributed by atoms with Crippen molar-refractivity contribution in [2.24, 2.45) is 5.92 Å². The highest BCUT2D eigenvalue weighted by molar-refractivity contribution is 5.80. The number of nitrogens with one attached hydrogen (secondary N) is 1. The van der Waals surface area contributed by atoms with Crippen LogP contribution >= 0.6 is 0 Å². The van der Waals surface area contributed by atoms with E-state index in [0.717, 1.165) is 32.4 Å². The minimum Gasteiger partial charge on any atom is -0.361 e. The third-order valence-corrected chi connectivity index (χ3v) is 4.65. The molecule has 1 aliphatic rings. The van der Waals surface area contributed by atoms with Crippen LogP contribution in [0.3, 0.4) is 0 Å². The Morgan fingerprint density at radius 1 is 1.20 bits per heavy atom. The maximum absolute atomic E-state index is 12.3. The fourth-order valence-corrected chi connectivity index (χ4v) is 3.18. The fourth-order valence-electron chi connectivity index (χ4n) is 3.18. The molecule has 0 spiro atoms. The SMILES string of the molecule is N#Cc1ccc(NCC(=O)N2CCC(Cc3ccccc3)CC2)nc1. The Labute approximate surface area is 148 Å². The summed E-state index contributed by atoms with van der Waals surface area (Å²) >= 11 is 0. The van der Waals surface area contributed by atoms with E-state index in [4.69, 9.17) is 5.26 Å². The lowest BCUT2D eigenvalue weighted by Crippen LogP contribution is -2.41. The predicted molar refractivity (Wildman–Crippen MR) is 96.9 cm³/mol. The van der Waals surface area contributed by atoms with E-state index in [1.807, 2.05) is 17.0 Å². The number of rotatable bonds is 5. The van der Waals surface area contributed by atoms with Crippen LogP contribution in [0.15, 0.2) is 48.7 Å². The summed E-state index contributed by atoms with van der Waals surface area (Å²) in [7, 11) is 0. The van der Waals surface area contributed by atoms with Gasteiger partial charge in [0.15, 0.2) is 0 Å². The molecule has 1 N–H and O–H groups in total. The summed E-state index contributed by atoms with van der Waals surface area (Å²) in [6.45, 7) is 1.87. The van der Waals surface area contributed by atoms with Crippen molar-refractivity contribution in [1.82, 2.24) is 9.88 Å². The topological polar surface area (TPSA) is 69.0 Å². The van der Waals surface area contributed by atoms with Crippen molar-refractivity contribution in [2.45, 2.75) is 19.3 Å². The molecular formula is C20H22N4O. The molecule has 0 unspecified atom stereocenters. The van der Waals surface area contributed by atoms with Crippen molar-refractivity contribution in [3.63, 3.8) is 0 Å². The number of nitrogens with zero attached hydrogens (tertiary/aromatic N) is 3. The highest BCUT2D eigenvalue weighted by Crippen LogP contribution is 2.21. The average molecular weight is 334 g/mol. The monoisotopic (exact) mass is 334 g/mol. The zero-order chi connectivity index (χ0) is 17.5. The number of likely N-dealkylation sites (tertiary alicyclic amines) is 1. The molecule has 0 atom stereocenters. The van der Waals surface area contributed by atoms with E-state index in [-0.39, 0.29) is 12.5 Å². The molecule has 128 valence electrons. The summed E-state index contributed by atoms with van der Waals surface area (Å²) in [6.07, 6.45) is 4.70. The van der Waals surface area contributed by atoms with E-state index < -0.39 is 0 Å². The first-order chi connectivity index (χ1) is 12.2. The number of amides is 1. The summed E-state index contributed by atoms with van der Waals surface area (Å²) < 4.78 is 0. The molecule has 1 aromatic heterocycles. The van der Waals surface area contributed by atoms with Crippen LogP contribution in [-0.2, 0) is 11.2 Å². The second-order valence-corrected chi connectivity index (χ2v) is 6.41. The molecule has 1 aromatic carbocycles. The van der Waals surface area contributed by atoms with Gasteiger partial charge in [0.2, 0.25) is 5.91 Å². The summed E-state index contributed by atoms with van der Waals surface area (Å²) in [4.78, 5) is 18.4. The largest absolute Gasteiger partial charge is 0.361 e. The van der Waals surface area contributed by atoms with Crippen LogP contribution in [0.1, 0.15) is 24.0 Å². The molecule has 1 amide bonds. The fraction of sp³-hybridized carbons (Fsp3) is 0.350. The Balaban J connectivity index is 1.42. The standard InChI is InChI=1S/C20H22N4O/c21-13-18-6-7-19(22-14-18)23-15-20(25)24-10-8-17(9-11-24)12-16-4-2-1-3-5-16/h1-7,14,17H,8-12,15H2,(H,22,23). The number of nitriles is 1. The number of anilines is 1. The number of aromatic nitrogens is 1. The maximum atomic E-state index is 12.3. The number of pyridine rings is 1. The van der Waals surface area contributed by atoms with Gasteiger partial charge in [-0.25, -0.2) is 4.98 Å². The van der Waals surface area contributed by atoms with Gasteiger partial charge < -0.3 is 10.2 Å². The molecule has 0 bridgehead atoms. The van der Waals surface area contributed by atoms with Gasteiger partial charge in [0, 0.05) is 19.3 Å². The number of piperidine rings is 1. The van der Waals surface area contributed by atoms with Gasteiger partial charge in [-0.15, -0.1) is 0 Å². The van der Waals surface area contributed by atoms with Crippen molar-refractivity contribution in [2.75, 3.05) is 25.0 Å². The summed E-state index contributed by atoms with van der Waals surface area (Å²) in [6, 6.07) is 16.0. The molecule has 25 heavy (non-hydrogen) atoms. The molecule has 2 aromatic rings. The average Bonchev–Trinajstić information content (AvgIpc) is 2.68. The van der Waals surface area contributed by atoms with Crippen molar-refractivity contribution in [3.8, 4) is 6.07 Å². The maximum Gasteiger partial charge on any atom is 0.241 e. The zero-order valence-electron chi connectivity index (χ0n) is 14.2. The Kier molecular flexibility index (Phi) is 5.63. The second kappa shape index (κ2) is 8.29. The smallest absolute Gasteiger partial charge is 0.241 e. The van der Waals surface area contributed by atoms with Crippen molar-refractivity contribution in [1.29, 1.82) is 5.26 Å². The van der Waals surface area contributed by atoms with Gasteiger partial charge in [-0.2, -0.15) is 5.26 Å². The minimum absolute atomic E-state index is 0.101. The Morgan fingerprint density at radius 3 is 2.60 bits per heavy atom. The number of hydrogen-bond donors (Lipinski definition) is 1. The Morgan fingerprint density at radius 2 is 1.96 bits per heavy atom. The summed E-state index contributed by atoms with van der Waals surface area (Å²) in [5, 5.41) is 11.8. The molecule has 3 rings (SSSR count). The third-order valence-electron chi connectivity index (χ3n) is 4.65. The summed E-state index contributed by atoms with van der Waals surface area (Å²) in [5.74, 6) is 1.37. The first-order valence-corrected chi connectivity index (χ1v) is 8.66. The number of hydrogen-bond acceptors (Lipinski definition) is 4. The van der Waals surface area contributed by atoms with Gasteiger partial charge in [0.25, 0.3) is 0 Å². The van der Waals surface area contributed by atoms with E-state index in [1.54, 1.807) is 12.1 Å². The highest BCUT2D eigenvalue weighted by Gasteiger charge is 2.22. The van der Waals surface area contributed by atoms with E-state index in [1.165, 1.54) is 11.8 Å². The molecule has 2 heterocycles. The second-order valence-electron chi connectivity index (χ2n) is 6.41. The molecule has 1 saturated heterocycles. The van der Waals surface area contributed by atoms with Crippen LogP contribution in [0.5, 0.6) is 0 Å². The third kappa shape index (κ3) is 4.80. The molecule has 1 fully saturated rings. The molecular weight excluding hydrogens is 312 g/mol.